The SMILES string of the molecule is COc1cncc(-c2nn(C(C)c3oc(=O)c4ccccc4c3-c3cccc(CN4CCN(C)CC4)c3)c3ncnc(N)c23)c1. The second-order valence-electron chi connectivity index (χ2n) is 11.5. The van der Waals surface area contributed by atoms with E-state index in [2.05, 4.69) is 56.1 Å². The van der Waals surface area contributed by atoms with Crippen LogP contribution in [0.15, 0.2) is 82.5 Å². The fourth-order valence-corrected chi connectivity index (χ4v) is 6.14. The zero-order chi connectivity index (χ0) is 31.1. The second-order valence-corrected chi connectivity index (χ2v) is 11.5. The van der Waals surface area contributed by atoms with E-state index in [1.807, 2.05) is 31.2 Å². The molecule has 2 N–H and O–H groups in total. The van der Waals surface area contributed by atoms with Crippen molar-refractivity contribution in [2.45, 2.75) is 19.5 Å². The van der Waals surface area contributed by atoms with E-state index in [0.29, 0.717) is 39.2 Å². The summed E-state index contributed by atoms with van der Waals surface area (Å²) in [6.07, 6.45) is 4.73. The first-order chi connectivity index (χ1) is 21.9. The third-order valence-electron chi connectivity index (χ3n) is 8.57. The minimum absolute atomic E-state index is 0.285. The number of nitrogens with zero attached hydrogens (tertiary/aromatic N) is 7. The molecule has 1 aliphatic rings. The van der Waals surface area contributed by atoms with Crippen LogP contribution in [0, 0.1) is 0 Å². The van der Waals surface area contributed by atoms with E-state index in [0.717, 1.165) is 49.2 Å². The van der Waals surface area contributed by atoms with Gasteiger partial charge in [0.1, 0.15) is 35.4 Å². The summed E-state index contributed by atoms with van der Waals surface area (Å²) in [4.78, 5) is 31.4. The van der Waals surface area contributed by atoms with Crippen LogP contribution in [0.25, 0.3) is 44.2 Å². The molecule has 11 heteroatoms. The van der Waals surface area contributed by atoms with Crippen molar-refractivity contribution in [1.82, 2.24) is 34.5 Å². The number of ether oxygens (including phenoxy) is 1. The quantitative estimate of drug-likeness (QED) is 0.277. The largest absolute Gasteiger partial charge is 0.495 e. The molecule has 1 unspecified atom stereocenters. The maximum absolute atomic E-state index is 13.4. The highest BCUT2D eigenvalue weighted by atomic mass is 16.5. The van der Waals surface area contributed by atoms with Crippen molar-refractivity contribution in [3.05, 3.63) is 95.1 Å². The van der Waals surface area contributed by atoms with E-state index in [-0.39, 0.29) is 5.82 Å². The van der Waals surface area contributed by atoms with Gasteiger partial charge in [0.25, 0.3) is 0 Å². The Hall–Kier alpha value is -5.13. The number of methoxy groups -OCH3 is 1. The summed E-state index contributed by atoms with van der Waals surface area (Å²) in [5.41, 5.74) is 10.8. The van der Waals surface area contributed by atoms with Crippen LogP contribution in [-0.4, -0.2) is 74.9 Å². The van der Waals surface area contributed by atoms with Crippen molar-refractivity contribution in [3.8, 4) is 28.1 Å². The van der Waals surface area contributed by atoms with Crippen molar-refractivity contribution >= 4 is 27.6 Å². The summed E-state index contributed by atoms with van der Waals surface area (Å²) in [5, 5.41) is 6.90. The zero-order valence-electron chi connectivity index (χ0n) is 25.5. The van der Waals surface area contributed by atoms with Gasteiger partial charge in [0, 0.05) is 55.4 Å². The maximum Gasteiger partial charge on any atom is 0.343 e. The Balaban J connectivity index is 1.39. The molecule has 1 aliphatic heterocycles. The van der Waals surface area contributed by atoms with E-state index in [1.54, 1.807) is 30.3 Å². The van der Waals surface area contributed by atoms with E-state index in [4.69, 9.17) is 20.0 Å². The molecular formula is C34H34N8O3. The number of nitrogens with two attached hydrogens (primary N) is 1. The van der Waals surface area contributed by atoms with E-state index in [1.165, 1.54) is 11.9 Å². The molecule has 1 fully saturated rings. The Morgan fingerprint density at radius 2 is 1.78 bits per heavy atom. The van der Waals surface area contributed by atoms with Gasteiger partial charge in [0.2, 0.25) is 0 Å². The maximum atomic E-state index is 13.4. The first-order valence-electron chi connectivity index (χ1n) is 15.0. The van der Waals surface area contributed by atoms with Gasteiger partial charge in [-0.3, -0.25) is 9.88 Å². The van der Waals surface area contributed by atoms with Gasteiger partial charge in [-0.1, -0.05) is 36.4 Å². The van der Waals surface area contributed by atoms with Crippen LogP contribution < -0.4 is 16.1 Å². The fourth-order valence-electron chi connectivity index (χ4n) is 6.14. The molecule has 4 aromatic heterocycles. The number of piperazine rings is 1. The third-order valence-corrected chi connectivity index (χ3v) is 8.57. The van der Waals surface area contributed by atoms with Crippen LogP contribution in [0.3, 0.4) is 0 Å². The summed E-state index contributed by atoms with van der Waals surface area (Å²) in [5.74, 6) is 1.35. The third kappa shape index (κ3) is 5.30. The normalized spacial score (nSPS) is 15.1. The number of anilines is 1. The van der Waals surface area contributed by atoms with Gasteiger partial charge in [-0.15, -0.1) is 0 Å². The molecule has 45 heavy (non-hydrogen) atoms. The number of rotatable bonds is 7. The van der Waals surface area contributed by atoms with Crippen molar-refractivity contribution < 1.29 is 9.15 Å². The second kappa shape index (κ2) is 11.8. The van der Waals surface area contributed by atoms with Gasteiger partial charge in [0.15, 0.2) is 5.65 Å². The lowest BCUT2D eigenvalue weighted by Crippen LogP contribution is -2.43. The molecule has 228 valence electrons. The minimum Gasteiger partial charge on any atom is -0.495 e. The molecule has 0 radical (unpaired) electrons. The van der Waals surface area contributed by atoms with Crippen LogP contribution in [0.1, 0.15) is 24.3 Å². The van der Waals surface area contributed by atoms with Gasteiger partial charge in [-0.25, -0.2) is 19.4 Å². The van der Waals surface area contributed by atoms with Crippen LogP contribution in [0.5, 0.6) is 5.75 Å². The van der Waals surface area contributed by atoms with Gasteiger partial charge in [-0.2, -0.15) is 5.10 Å². The summed E-state index contributed by atoms with van der Waals surface area (Å²) in [6, 6.07) is 17.4. The van der Waals surface area contributed by atoms with Crippen LogP contribution in [0.4, 0.5) is 5.82 Å². The summed E-state index contributed by atoms with van der Waals surface area (Å²) in [7, 11) is 3.75. The Kier molecular flexibility index (Phi) is 7.48. The molecule has 7 rings (SSSR count). The average Bonchev–Trinajstić information content (AvgIpc) is 3.47. The highest BCUT2D eigenvalue weighted by Gasteiger charge is 2.27. The molecule has 1 atom stereocenters. The van der Waals surface area contributed by atoms with Crippen LogP contribution in [-0.2, 0) is 6.54 Å². The molecule has 6 aromatic rings. The summed E-state index contributed by atoms with van der Waals surface area (Å²) in [6.45, 7) is 6.94. The molecule has 0 bridgehead atoms. The van der Waals surface area contributed by atoms with Crippen LogP contribution >= 0.6 is 0 Å². The van der Waals surface area contributed by atoms with Gasteiger partial charge < -0.3 is 19.8 Å². The Bertz CT molecular complexity index is 2080. The van der Waals surface area contributed by atoms with E-state index in [9.17, 15) is 4.79 Å². The lowest BCUT2D eigenvalue weighted by Gasteiger charge is -2.32. The fraction of sp³-hybridized carbons (Fsp3) is 0.265. The average molecular weight is 603 g/mol. The van der Waals surface area contributed by atoms with Gasteiger partial charge in [0.05, 0.1) is 24.1 Å². The van der Waals surface area contributed by atoms with Crippen molar-refractivity contribution in [2.24, 2.45) is 0 Å². The summed E-state index contributed by atoms with van der Waals surface area (Å²) < 4.78 is 13.3. The van der Waals surface area contributed by atoms with Gasteiger partial charge in [-0.05, 0) is 43.3 Å². The predicted molar refractivity (Wildman–Crippen MR) is 174 cm³/mol. The molecule has 0 aliphatic carbocycles. The van der Waals surface area contributed by atoms with Gasteiger partial charge >= 0.3 is 5.63 Å². The van der Waals surface area contributed by atoms with Crippen molar-refractivity contribution in [3.63, 3.8) is 0 Å². The lowest BCUT2D eigenvalue weighted by molar-refractivity contribution is 0.148. The van der Waals surface area contributed by atoms with Crippen molar-refractivity contribution in [2.75, 3.05) is 46.1 Å². The molecule has 1 saturated heterocycles. The zero-order valence-corrected chi connectivity index (χ0v) is 25.5. The Labute approximate surface area is 259 Å². The van der Waals surface area contributed by atoms with Crippen molar-refractivity contribution in [1.29, 1.82) is 0 Å². The Morgan fingerprint density at radius 3 is 2.58 bits per heavy atom. The molecule has 0 amide bonds. The molecule has 0 spiro atoms. The molecule has 11 nitrogen and oxygen atoms in total. The molecule has 0 saturated carbocycles. The van der Waals surface area contributed by atoms with Crippen LogP contribution in [0.2, 0.25) is 0 Å². The number of likely N-dealkylation sites (N-methyl/N-ethyl adjacent to an activating group) is 1. The number of hydrogen-bond acceptors (Lipinski definition) is 10. The highest BCUT2D eigenvalue weighted by molar-refractivity contribution is 5.99. The monoisotopic (exact) mass is 602 g/mol. The first-order valence-corrected chi connectivity index (χ1v) is 15.0. The minimum atomic E-state index is -0.539. The molecule has 2 aromatic carbocycles. The Morgan fingerprint density at radius 1 is 0.978 bits per heavy atom. The summed E-state index contributed by atoms with van der Waals surface area (Å²) >= 11 is 0. The highest BCUT2D eigenvalue weighted by Crippen LogP contribution is 2.39. The number of hydrogen-bond donors (Lipinski definition) is 1. The smallest absolute Gasteiger partial charge is 0.343 e. The molecular weight excluding hydrogens is 568 g/mol. The van der Waals surface area contributed by atoms with E-state index >= 15 is 0 Å². The number of pyridine rings is 1. The lowest BCUT2D eigenvalue weighted by atomic mass is 9.94. The number of nitrogen functional groups attached to an aromatic ring is 1. The molecule has 5 heterocycles. The number of benzene rings is 2. The predicted octanol–water partition coefficient (Wildman–Crippen LogP) is 4.61. The first kappa shape index (κ1) is 28.6. The standard InChI is InChI=1S/C34H34N8O3/c1-21(42-33-29(32(35)37-20-38-33)30(39-42)24-16-25(44-3)18-36-17-24)31-28(26-9-4-5-10-27(26)34(43)45-31)23-8-6-7-22(15-23)19-41-13-11-40(2)12-14-41/h4-10,15-18,20-21H,11-14,19H2,1-3H3,(H2,35,37,38). The number of fused-ring (bicyclic) bond motifs is 2. The number of aromatic nitrogens is 5. The topological polar surface area (TPSA) is 128 Å². The van der Waals surface area contributed by atoms with E-state index < -0.39 is 11.7 Å².